The van der Waals surface area contributed by atoms with Gasteiger partial charge in [-0.3, -0.25) is 4.79 Å². The first kappa shape index (κ1) is 13.8. The molecule has 0 bridgehead atoms. The third-order valence-corrected chi connectivity index (χ3v) is 2.90. The van der Waals surface area contributed by atoms with Crippen LogP contribution in [-0.4, -0.2) is 48.0 Å². The van der Waals surface area contributed by atoms with Gasteiger partial charge >= 0.3 is 0 Å². The molecule has 1 rings (SSSR count). The summed E-state index contributed by atoms with van der Waals surface area (Å²) in [4.78, 5) is 13.6. The van der Waals surface area contributed by atoms with Gasteiger partial charge in [0.2, 0.25) is 5.91 Å². The van der Waals surface area contributed by atoms with Crippen LogP contribution in [0.25, 0.3) is 0 Å². The second-order valence-corrected chi connectivity index (χ2v) is 4.31. The minimum Gasteiger partial charge on any atom is -0.409 e. The normalized spacial score (nSPS) is 17.2. The maximum absolute atomic E-state index is 11.7. The molecule has 0 aromatic carbocycles. The molecule has 1 heterocycles. The van der Waals surface area contributed by atoms with Gasteiger partial charge < -0.3 is 21.2 Å². The first-order chi connectivity index (χ1) is 8.24. The van der Waals surface area contributed by atoms with E-state index in [4.69, 9.17) is 10.9 Å². The Bertz CT molecular complexity index is 262. The number of nitrogens with two attached hydrogens (primary N) is 1. The molecule has 6 heteroatoms. The summed E-state index contributed by atoms with van der Waals surface area (Å²) in [5.41, 5.74) is 5.33. The summed E-state index contributed by atoms with van der Waals surface area (Å²) in [5.74, 6) is 0.405. The third-order valence-electron chi connectivity index (χ3n) is 2.90. The van der Waals surface area contributed by atoms with Crippen molar-refractivity contribution in [3.63, 3.8) is 0 Å². The molecule has 1 aliphatic heterocycles. The van der Waals surface area contributed by atoms with Crippen LogP contribution in [0.4, 0.5) is 0 Å². The fourth-order valence-electron chi connectivity index (χ4n) is 1.89. The molecule has 0 spiro atoms. The van der Waals surface area contributed by atoms with E-state index in [0.717, 1.165) is 32.4 Å². The Balaban J connectivity index is 2.03. The van der Waals surface area contributed by atoms with Crippen molar-refractivity contribution in [3.05, 3.63) is 0 Å². The molecule has 1 fully saturated rings. The summed E-state index contributed by atoms with van der Waals surface area (Å²) < 4.78 is 0. The first-order valence-electron chi connectivity index (χ1n) is 6.19. The van der Waals surface area contributed by atoms with Crippen LogP contribution in [0.15, 0.2) is 5.16 Å². The van der Waals surface area contributed by atoms with Gasteiger partial charge in [-0.15, -0.1) is 0 Å². The third kappa shape index (κ3) is 5.53. The van der Waals surface area contributed by atoms with Crippen LogP contribution in [0.5, 0.6) is 0 Å². The predicted octanol–water partition coefficient (Wildman–Crippen LogP) is 0.115. The number of amidine groups is 1. The number of nitrogens with one attached hydrogen (secondary N) is 1. The summed E-state index contributed by atoms with van der Waals surface area (Å²) in [7, 11) is 0. The number of amides is 1. The van der Waals surface area contributed by atoms with Crippen LogP contribution in [0.1, 0.15) is 32.1 Å². The molecule has 0 unspecified atom stereocenters. The molecule has 98 valence electrons. The molecule has 1 aliphatic rings. The Morgan fingerprint density at radius 1 is 1.35 bits per heavy atom. The smallest absolute Gasteiger partial charge is 0.236 e. The van der Waals surface area contributed by atoms with E-state index in [1.165, 1.54) is 6.42 Å². The molecule has 0 aromatic rings. The van der Waals surface area contributed by atoms with Crippen molar-refractivity contribution >= 4 is 11.7 Å². The van der Waals surface area contributed by atoms with Crippen molar-refractivity contribution in [1.82, 2.24) is 10.2 Å². The highest BCUT2D eigenvalue weighted by Gasteiger charge is 2.15. The highest BCUT2D eigenvalue weighted by Crippen LogP contribution is 2.08. The number of rotatable bonds is 6. The average molecular weight is 242 g/mol. The maximum atomic E-state index is 11.7. The lowest BCUT2D eigenvalue weighted by Gasteiger charge is -2.26. The lowest BCUT2D eigenvalue weighted by Crippen LogP contribution is -2.41. The van der Waals surface area contributed by atoms with Gasteiger partial charge in [-0.1, -0.05) is 5.16 Å². The second kappa shape index (κ2) is 7.89. The summed E-state index contributed by atoms with van der Waals surface area (Å²) in [6.45, 7) is 2.88. The zero-order valence-corrected chi connectivity index (χ0v) is 10.2. The molecule has 0 aromatic heterocycles. The molecule has 0 radical (unpaired) electrons. The second-order valence-electron chi connectivity index (χ2n) is 4.31. The minimum absolute atomic E-state index is 0.175. The molecule has 1 saturated heterocycles. The SMILES string of the molecule is NC(CCCNCC(=O)N1CCCCC1)=NO. The summed E-state index contributed by atoms with van der Waals surface area (Å²) >= 11 is 0. The quantitative estimate of drug-likeness (QED) is 0.203. The van der Waals surface area contributed by atoms with Gasteiger partial charge in [0.05, 0.1) is 6.54 Å². The molecule has 0 aliphatic carbocycles. The van der Waals surface area contributed by atoms with Crippen LogP contribution in [0.3, 0.4) is 0 Å². The van der Waals surface area contributed by atoms with Crippen LogP contribution < -0.4 is 11.1 Å². The van der Waals surface area contributed by atoms with Gasteiger partial charge in [-0.2, -0.15) is 0 Å². The fraction of sp³-hybridized carbons (Fsp3) is 0.818. The molecule has 4 N–H and O–H groups in total. The number of hydrogen-bond acceptors (Lipinski definition) is 4. The number of hydrogen-bond donors (Lipinski definition) is 3. The predicted molar refractivity (Wildman–Crippen MR) is 65.9 cm³/mol. The Kier molecular flexibility index (Phi) is 6.39. The molecule has 17 heavy (non-hydrogen) atoms. The van der Waals surface area contributed by atoms with Gasteiger partial charge in [0.15, 0.2) is 0 Å². The number of carbonyl (C=O) groups is 1. The van der Waals surface area contributed by atoms with Gasteiger partial charge in [0, 0.05) is 19.5 Å². The van der Waals surface area contributed by atoms with Gasteiger partial charge in [-0.25, -0.2) is 0 Å². The van der Waals surface area contributed by atoms with Crippen molar-refractivity contribution in [3.8, 4) is 0 Å². The van der Waals surface area contributed by atoms with Gasteiger partial charge in [0.1, 0.15) is 5.84 Å². The molecular formula is C11H22N4O2. The largest absolute Gasteiger partial charge is 0.409 e. The van der Waals surface area contributed by atoms with Crippen molar-refractivity contribution in [2.45, 2.75) is 32.1 Å². The lowest BCUT2D eigenvalue weighted by atomic mass is 10.1. The maximum Gasteiger partial charge on any atom is 0.236 e. The van der Waals surface area contributed by atoms with Crippen molar-refractivity contribution in [2.75, 3.05) is 26.2 Å². The van der Waals surface area contributed by atoms with E-state index < -0.39 is 0 Å². The number of nitrogens with zero attached hydrogens (tertiary/aromatic N) is 2. The highest BCUT2D eigenvalue weighted by atomic mass is 16.4. The van der Waals surface area contributed by atoms with E-state index in [9.17, 15) is 4.79 Å². The van der Waals surface area contributed by atoms with Crippen molar-refractivity contribution < 1.29 is 10.0 Å². The van der Waals surface area contributed by atoms with E-state index in [0.29, 0.717) is 19.5 Å². The topological polar surface area (TPSA) is 91.0 Å². The van der Waals surface area contributed by atoms with Crippen LogP contribution in [0.2, 0.25) is 0 Å². The highest BCUT2D eigenvalue weighted by molar-refractivity contribution is 5.79. The van der Waals surface area contributed by atoms with Crippen LogP contribution >= 0.6 is 0 Å². The zero-order chi connectivity index (χ0) is 12.5. The monoisotopic (exact) mass is 242 g/mol. The Morgan fingerprint density at radius 3 is 2.71 bits per heavy atom. The molecule has 1 amide bonds. The Morgan fingerprint density at radius 2 is 2.06 bits per heavy atom. The van der Waals surface area contributed by atoms with Crippen molar-refractivity contribution in [2.24, 2.45) is 10.9 Å². The molecule has 0 saturated carbocycles. The Labute approximate surface area is 102 Å². The van der Waals surface area contributed by atoms with Gasteiger partial charge in [0.25, 0.3) is 0 Å². The zero-order valence-electron chi connectivity index (χ0n) is 10.2. The molecule has 6 nitrogen and oxygen atoms in total. The summed E-state index contributed by atoms with van der Waals surface area (Å²) in [6, 6.07) is 0. The number of piperidine rings is 1. The molecule has 0 atom stereocenters. The number of oxime groups is 1. The van der Waals surface area contributed by atoms with E-state index in [2.05, 4.69) is 10.5 Å². The van der Waals surface area contributed by atoms with E-state index in [1.54, 1.807) is 0 Å². The van der Waals surface area contributed by atoms with Crippen LogP contribution in [0, 0.1) is 0 Å². The van der Waals surface area contributed by atoms with Crippen LogP contribution in [-0.2, 0) is 4.79 Å². The summed E-state index contributed by atoms with van der Waals surface area (Å²) in [6.07, 6.45) is 4.78. The average Bonchev–Trinajstić information content (AvgIpc) is 2.38. The van der Waals surface area contributed by atoms with Gasteiger partial charge in [-0.05, 0) is 32.2 Å². The minimum atomic E-state index is 0.175. The standard InChI is InChI=1S/C11H22N4O2/c12-10(14-17)5-4-6-13-9-11(16)15-7-2-1-3-8-15/h13,17H,1-9H2,(H2,12,14). The van der Waals surface area contributed by atoms with Crippen molar-refractivity contribution in [1.29, 1.82) is 0 Å². The molecular weight excluding hydrogens is 220 g/mol. The lowest BCUT2D eigenvalue weighted by molar-refractivity contribution is -0.131. The van der Waals surface area contributed by atoms with E-state index in [-0.39, 0.29) is 11.7 Å². The Hall–Kier alpha value is -1.30. The number of likely N-dealkylation sites (tertiary alicyclic amines) is 1. The van der Waals surface area contributed by atoms with E-state index in [1.807, 2.05) is 4.90 Å². The summed E-state index contributed by atoms with van der Waals surface area (Å²) in [5, 5.41) is 14.3. The first-order valence-corrected chi connectivity index (χ1v) is 6.19. The van der Waals surface area contributed by atoms with E-state index >= 15 is 0 Å². The number of carbonyl (C=O) groups excluding carboxylic acids is 1. The fourth-order valence-corrected chi connectivity index (χ4v) is 1.89.